The number of carbonyl (C=O) groups is 1. The molecule has 0 bridgehead atoms. The van der Waals surface area contributed by atoms with Crippen LogP contribution in [0, 0.1) is 0 Å². The predicted molar refractivity (Wildman–Crippen MR) is 72.0 cm³/mol. The lowest BCUT2D eigenvalue weighted by Crippen LogP contribution is -2.39. The Morgan fingerprint density at radius 2 is 1.89 bits per heavy atom. The molecule has 0 heterocycles. The summed E-state index contributed by atoms with van der Waals surface area (Å²) < 4.78 is 0. The van der Waals surface area contributed by atoms with E-state index in [1.807, 2.05) is 0 Å². The molecule has 102 valence electrons. The van der Waals surface area contributed by atoms with Gasteiger partial charge in [-0.25, -0.2) is 0 Å². The van der Waals surface area contributed by atoms with Crippen LogP contribution in [0.1, 0.15) is 36.0 Å². The van der Waals surface area contributed by atoms with Crippen LogP contribution in [0.15, 0.2) is 24.3 Å². The lowest BCUT2D eigenvalue weighted by Gasteiger charge is -2.26. The third-order valence-electron chi connectivity index (χ3n) is 3.48. The molecule has 4 N–H and O–H groups in total. The fraction of sp³-hybridized carbons (Fsp3) is 0.462. The summed E-state index contributed by atoms with van der Waals surface area (Å²) in [6.07, 6.45) is 2.71. The third kappa shape index (κ3) is 3.80. The Balaban J connectivity index is 1.98. The molecule has 1 fully saturated rings. The Hall–Kier alpha value is -1.37. The largest absolute Gasteiger partial charge is 0.488 e. The Bertz CT molecular complexity index is 444. The molecule has 2 rings (SSSR count). The minimum absolute atomic E-state index is 0.0820. The van der Waals surface area contributed by atoms with Crippen molar-refractivity contribution in [3.63, 3.8) is 0 Å². The van der Waals surface area contributed by atoms with E-state index in [-0.39, 0.29) is 18.1 Å². The average molecular weight is 263 g/mol. The van der Waals surface area contributed by atoms with E-state index in [9.17, 15) is 9.90 Å². The lowest BCUT2D eigenvalue weighted by molar-refractivity contribution is 0.0867. The summed E-state index contributed by atoms with van der Waals surface area (Å²) in [6, 6.07) is 6.36. The standard InChI is InChI=1S/C13H18BNO4/c16-12-6-4-11(5-7-12)15-13(17)9-2-1-3-10(8-9)14(18)19/h1-3,8,11-12,16,18-19H,4-7H2,(H,15,17)/t11-,12-. The van der Waals surface area contributed by atoms with E-state index in [1.165, 1.54) is 6.07 Å². The first-order valence-electron chi connectivity index (χ1n) is 6.51. The number of hydrogen-bond donors (Lipinski definition) is 4. The first-order chi connectivity index (χ1) is 9.06. The van der Waals surface area contributed by atoms with Crippen LogP contribution in [0.2, 0.25) is 0 Å². The SMILES string of the molecule is O=C(N[C@H]1CC[C@H](O)CC1)c1cccc(B(O)O)c1. The molecule has 6 heteroatoms. The number of aliphatic hydroxyl groups excluding tert-OH is 1. The zero-order valence-corrected chi connectivity index (χ0v) is 10.6. The molecule has 1 aromatic carbocycles. The molecule has 0 unspecified atom stereocenters. The summed E-state index contributed by atoms with van der Waals surface area (Å²) in [7, 11) is -1.57. The highest BCUT2D eigenvalue weighted by Gasteiger charge is 2.21. The van der Waals surface area contributed by atoms with E-state index in [0.717, 1.165) is 12.8 Å². The second kappa shape index (κ2) is 6.19. The van der Waals surface area contributed by atoms with Crippen LogP contribution in [0.5, 0.6) is 0 Å². The Labute approximate surface area is 112 Å². The smallest absolute Gasteiger partial charge is 0.423 e. The van der Waals surface area contributed by atoms with Gasteiger partial charge in [-0.3, -0.25) is 4.79 Å². The highest BCUT2D eigenvalue weighted by molar-refractivity contribution is 6.58. The fourth-order valence-corrected chi connectivity index (χ4v) is 2.33. The van der Waals surface area contributed by atoms with Crippen LogP contribution in [-0.2, 0) is 0 Å². The molecule has 1 aromatic rings. The van der Waals surface area contributed by atoms with Crippen molar-refractivity contribution in [3.05, 3.63) is 29.8 Å². The maximum Gasteiger partial charge on any atom is 0.488 e. The first-order valence-corrected chi connectivity index (χ1v) is 6.51. The number of hydrogen-bond acceptors (Lipinski definition) is 4. The number of carbonyl (C=O) groups excluding carboxylic acids is 1. The molecule has 0 atom stereocenters. The molecule has 0 saturated heterocycles. The monoisotopic (exact) mass is 263 g/mol. The topological polar surface area (TPSA) is 89.8 Å². The molecular weight excluding hydrogens is 245 g/mol. The molecule has 5 nitrogen and oxygen atoms in total. The van der Waals surface area contributed by atoms with Gasteiger partial charge in [-0.05, 0) is 43.3 Å². The van der Waals surface area contributed by atoms with Gasteiger partial charge >= 0.3 is 7.12 Å². The van der Waals surface area contributed by atoms with Crippen LogP contribution in [0.25, 0.3) is 0 Å². The summed E-state index contributed by atoms with van der Waals surface area (Å²) in [5.41, 5.74) is 0.712. The molecule has 1 aliphatic rings. The summed E-state index contributed by atoms with van der Waals surface area (Å²) in [5.74, 6) is -0.219. The quantitative estimate of drug-likeness (QED) is 0.548. The third-order valence-corrected chi connectivity index (χ3v) is 3.48. The van der Waals surface area contributed by atoms with Gasteiger partial charge in [0.1, 0.15) is 0 Å². The van der Waals surface area contributed by atoms with Crippen molar-refractivity contribution >= 4 is 18.5 Å². The van der Waals surface area contributed by atoms with E-state index in [1.54, 1.807) is 18.2 Å². The molecule has 1 aliphatic carbocycles. The van der Waals surface area contributed by atoms with Crippen LogP contribution in [0.4, 0.5) is 0 Å². The molecule has 1 saturated carbocycles. The first kappa shape index (κ1) is 14.1. The molecule has 19 heavy (non-hydrogen) atoms. The van der Waals surface area contributed by atoms with E-state index >= 15 is 0 Å². The van der Waals surface area contributed by atoms with Gasteiger partial charge in [-0.15, -0.1) is 0 Å². The van der Waals surface area contributed by atoms with Gasteiger partial charge in [0.15, 0.2) is 0 Å². The molecule has 0 radical (unpaired) electrons. The Morgan fingerprint density at radius 1 is 1.21 bits per heavy atom. The summed E-state index contributed by atoms with van der Waals surface area (Å²) in [4.78, 5) is 12.0. The Morgan fingerprint density at radius 3 is 2.53 bits per heavy atom. The van der Waals surface area contributed by atoms with Gasteiger partial charge in [0, 0.05) is 11.6 Å². The van der Waals surface area contributed by atoms with Crippen molar-refractivity contribution in [3.8, 4) is 0 Å². The minimum Gasteiger partial charge on any atom is -0.423 e. The number of benzene rings is 1. The molecule has 0 spiro atoms. The predicted octanol–water partition coefficient (Wildman–Crippen LogP) is -0.600. The summed E-state index contributed by atoms with van der Waals surface area (Å²) in [5, 5.41) is 30.5. The minimum atomic E-state index is -1.57. The van der Waals surface area contributed by atoms with Gasteiger partial charge in [0.25, 0.3) is 5.91 Å². The number of aliphatic hydroxyl groups is 1. The van der Waals surface area contributed by atoms with Gasteiger partial charge in [-0.1, -0.05) is 12.1 Å². The molecule has 0 aromatic heterocycles. The van der Waals surface area contributed by atoms with Crippen LogP contribution < -0.4 is 10.8 Å². The van der Waals surface area contributed by atoms with Crippen LogP contribution in [-0.4, -0.2) is 40.3 Å². The lowest BCUT2D eigenvalue weighted by atomic mass is 9.79. The zero-order chi connectivity index (χ0) is 13.8. The van der Waals surface area contributed by atoms with Crippen molar-refractivity contribution in [1.82, 2.24) is 5.32 Å². The molecule has 0 aliphatic heterocycles. The van der Waals surface area contributed by atoms with E-state index in [4.69, 9.17) is 10.0 Å². The average Bonchev–Trinajstić information content (AvgIpc) is 2.41. The molecule has 1 amide bonds. The summed E-state index contributed by atoms with van der Waals surface area (Å²) in [6.45, 7) is 0. The Kier molecular flexibility index (Phi) is 4.58. The van der Waals surface area contributed by atoms with Crippen molar-refractivity contribution in [1.29, 1.82) is 0 Å². The van der Waals surface area contributed by atoms with Crippen LogP contribution in [0.3, 0.4) is 0 Å². The molecular formula is C13H18BNO4. The maximum absolute atomic E-state index is 12.0. The van der Waals surface area contributed by atoms with Crippen molar-refractivity contribution in [2.45, 2.75) is 37.8 Å². The number of rotatable bonds is 3. The normalized spacial score (nSPS) is 22.9. The van der Waals surface area contributed by atoms with Gasteiger partial charge < -0.3 is 20.5 Å². The zero-order valence-electron chi connectivity index (χ0n) is 10.6. The van der Waals surface area contributed by atoms with Crippen molar-refractivity contribution in [2.75, 3.05) is 0 Å². The second-order valence-electron chi connectivity index (χ2n) is 4.98. The maximum atomic E-state index is 12.0. The number of nitrogens with one attached hydrogen (secondary N) is 1. The van der Waals surface area contributed by atoms with Crippen molar-refractivity contribution in [2.24, 2.45) is 0 Å². The van der Waals surface area contributed by atoms with Gasteiger partial charge in [0.2, 0.25) is 0 Å². The van der Waals surface area contributed by atoms with Gasteiger partial charge in [-0.2, -0.15) is 0 Å². The highest BCUT2D eigenvalue weighted by atomic mass is 16.4. The van der Waals surface area contributed by atoms with E-state index in [2.05, 4.69) is 5.32 Å². The van der Waals surface area contributed by atoms with E-state index in [0.29, 0.717) is 23.9 Å². The van der Waals surface area contributed by atoms with Crippen LogP contribution >= 0.6 is 0 Å². The van der Waals surface area contributed by atoms with E-state index < -0.39 is 7.12 Å². The van der Waals surface area contributed by atoms with Crippen molar-refractivity contribution < 1.29 is 19.9 Å². The highest BCUT2D eigenvalue weighted by Crippen LogP contribution is 2.18. The number of amides is 1. The summed E-state index contributed by atoms with van der Waals surface area (Å²) >= 11 is 0. The van der Waals surface area contributed by atoms with Gasteiger partial charge in [0.05, 0.1) is 6.10 Å². The fourth-order valence-electron chi connectivity index (χ4n) is 2.33. The second-order valence-corrected chi connectivity index (χ2v) is 4.98.